The van der Waals surface area contributed by atoms with Gasteiger partial charge in [0.05, 0.1) is 10.6 Å². The fourth-order valence-electron chi connectivity index (χ4n) is 3.80. The highest BCUT2D eigenvalue weighted by Gasteiger charge is 2.32. The topological polar surface area (TPSA) is 32.3 Å². The van der Waals surface area contributed by atoms with Gasteiger partial charge in [-0.1, -0.05) is 48.0 Å². The number of rotatable bonds is 2. The molecule has 0 saturated carbocycles. The lowest BCUT2D eigenvalue weighted by molar-refractivity contribution is 0.0748. The van der Waals surface area contributed by atoms with E-state index >= 15 is 0 Å². The zero-order valence-corrected chi connectivity index (χ0v) is 15.5. The number of fused-ring (bicyclic) bond motifs is 2. The van der Waals surface area contributed by atoms with Crippen molar-refractivity contribution in [2.75, 3.05) is 13.1 Å². The molecule has 2 saturated heterocycles. The van der Waals surface area contributed by atoms with Gasteiger partial charge in [0.25, 0.3) is 5.91 Å². The first-order chi connectivity index (χ1) is 11.7. The number of nitrogens with zero attached hydrogens (tertiary/aromatic N) is 1. The van der Waals surface area contributed by atoms with E-state index < -0.39 is 0 Å². The third-order valence-electron chi connectivity index (χ3n) is 5.11. The average molecular weight is 377 g/mol. The predicted molar refractivity (Wildman–Crippen MR) is 105 cm³/mol. The van der Waals surface area contributed by atoms with Crippen molar-refractivity contribution >= 4 is 29.9 Å². The van der Waals surface area contributed by atoms with Crippen LogP contribution in [-0.2, 0) is 0 Å². The minimum absolute atomic E-state index is 0. The van der Waals surface area contributed by atoms with Gasteiger partial charge >= 0.3 is 0 Å². The number of halogens is 2. The Morgan fingerprint density at radius 3 is 2.56 bits per heavy atom. The molecule has 5 heteroatoms. The maximum atomic E-state index is 13.0. The number of nitrogens with one attached hydrogen (secondary N) is 1. The highest BCUT2D eigenvalue weighted by atomic mass is 35.5. The van der Waals surface area contributed by atoms with Gasteiger partial charge in [0.2, 0.25) is 0 Å². The molecule has 132 valence electrons. The van der Waals surface area contributed by atoms with Gasteiger partial charge in [-0.05, 0) is 42.5 Å². The molecule has 2 aromatic rings. The molecule has 0 aromatic heterocycles. The summed E-state index contributed by atoms with van der Waals surface area (Å²) in [7, 11) is 0. The second-order valence-corrected chi connectivity index (χ2v) is 7.15. The van der Waals surface area contributed by atoms with Crippen LogP contribution in [0.3, 0.4) is 0 Å². The van der Waals surface area contributed by atoms with Gasteiger partial charge in [0.1, 0.15) is 0 Å². The Balaban J connectivity index is 0.00000182. The van der Waals surface area contributed by atoms with Crippen LogP contribution in [0, 0.1) is 0 Å². The number of benzene rings is 2. The molecule has 2 heterocycles. The van der Waals surface area contributed by atoms with E-state index in [2.05, 4.69) is 5.32 Å². The van der Waals surface area contributed by atoms with Crippen LogP contribution in [-0.4, -0.2) is 36.0 Å². The second kappa shape index (κ2) is 7.77. The lowest BCUT2D eigenvalue weighted by atomic mass is 10.0. The van der Waals surface area contributed by atoms with Gasteiger partial charge in [0, 0.05) is 25.2 Å². The van der Waals surface area contributed by atoms with E-state index in [1.54, 1.807) is 0 Å². The zero-order chi connectivity index (χ0) is 16.5. The van der Waals surface area contributed by atoms with Crippen LogP contribution in [0.25, 0.3) is 11.1 Å². The molecule has 3 nitrogen and oxygen atoms in total. The van der Waals surface area contributed by atoms with Crippen molar-refractivity contribution in [2.24, 2.45) is 0 Å². The quantitative estimate of drug-likeness (QED) is 0.842. The van der Waals surface area contributed by atoms with Crippen LogP contribution in [0.1, 0.15) is 29.6 Å². The molecule has 2 aliphatic rings. The van der Waals surface area contributed by atoms with Gasteiger partial charge in [-0.2, -0.15) is 0 Å². The van der Waals surface area contributed by atoms with Gasteiger partial charge < -0.3 is 10.2 Å². The van der Waals surface area contributed by atoms with Gasteiger partial charge in [0.15, 0.2) is 0 Å². The highest BCUT2D eigenvalue weighted by molar-refractivity contribution is 6.34. The van der Waals surface area contributed by atoms with Gasteiger partial charge in [-0.15, -0.1) is 12.4 Å². The number of likely N-dealkylation sites (tertiary alicyclic amines) is 1. The van der Waals surface area contributed by atoms with Crippen molar-refractivity contribution in [1.29, 1.82) is 0 Å². The molecule has 25 heavy (non-hydrogen) atoms. The summed E-state index contributed by atoms with van der Waals surface area (Å²) in [5.41, 5.74) is 2.73. The van der Waals surface area contributed by atoms with Crippen molar-refractivity contribution in [1.82, 2.24) is 10.2 Å². The van der Waals surface area contributed by atoms with Crippen LogP contribution in [0.4, 0.5) is 0 Å². The van der Waals surface area contributed by atoms with E-state index in [0.717, 1.165) is 37.1 Å². The largest absolute Gasteiger partial charge is 0.337 e. The standard InChI is InChI=1S/C20H21ClN2O.ClH/c21-19-9-6-15(14-4-2-1-3-5-14)12-18(19)20(24)23-11-10-16-7-8-17(13-23)22-16;/h1-6,9,12,16-17,22H,7-8,10-11,13H2;1H. The van der Waals surface area contributed by atoms with E-state index in [-0.39, 0.29) is 18.3 Å². The summed E-state index contributed by atoms with van der Waals surface area (Å²) in [6, 6.07) is 16.8. The van der Waals surface area contributed by atoms with Crippen molar-refractivity contribution in [3.63, 3.8) is 0 Å². The minimum Gasteiger partial charge on any atom is -0.337 e. The van der Waals surface area contributed by atoms with E-state index in [1.165, 1.54) is 6.42 Å². The van der Waals surface area contributed by atoms with E-state index in [0.29, 0.717) is 22.7 Å². The summed E-state index contributed by atoms with van der Waals surface area (Å²) < 4.78 is 0. The first-order valence-electron chi connectivity index (χ1n) is 8.61. The van der Waals surface area contributed by atoms with Crippen molar-refractivity contribution in [2.45, 2.75) is 31.3 Å². The first kappa shape index (κ1) is 18.2. The Kier molecular flexibility index (Phi) is 5.67. The fraction of sp³-hybridized carbons (Fsp3) is 0.350. The van der Waals surface area contributed by atoms with Crippen molar-refractivity contribution in [3.05, 3.63) is 59.1 Å². The Labute approximate surface area is 159 Å². The zero-order valence-electron chi connectivity index (χ0n) is 14.0. The Hall–Kier alpha value is -1.55. The molecule has 4 rings (SSSR count). The van der Waals surface area contributed by atoms with Crippen molar-refractivity contribution < 1.29 is 4.79 Å². The van der Waals surface area contributed by atoms with E-state index in [9.17, 15) is 4.79 Å². The summed E-state index contributed by atoms with van der Waals surface area (Å²) >= 11 is 6.35. The third kappa shape index (κ3) is 3.84. The molecular formula is C20H22Cl2N2O. The summed E-state index contributed by atoms with van der Waals surface area (Å²) in [6.45, 7) is 1.58. The molecule has 2 fully saturated rings. The molecule has 0 spiro atoms. The number of amides is 1. The highest BCUT2D eigenvalue weighted by Crippen LogP contribution is 2.28. The average Bonchev–Trinajstić information content (AvgIpc) is 2.94. The van der Waals surface area contributed by atoms with Crippen LogP contribution in [0.15, 0.2) is 48.5 Å². The normalized spacial score (nSPS) is 22.2. The Morgan fingerprint density at radius 1 is 1.00 bits per heavy atom. The minimum atomic E-state index is 0. The SMILES string of the molecule is Cl.O=C(c1cc(-c2ccccc2)ccc1Cl)N1CCC2CCC(C1)N2. The first-order valence-corrected chi connectivity index (χ1v) is 8.99. The molecular weight excluding hydrogens is 355 g/mol. The summed E-state index contributed by atoms with van der Waals surface area (Å²) in [6.07, 6.45) is 3.42. The monoisotopic (exact) mass is 376 g/mol. The summed E-state index contributed by atoms with van der Waals surface area (Å²) in [5, 5.41) is 4.14. The van der Waals surface area contributed by atoms with Gasteiger partial charge in [-0.25, -0.2) is 0 Å². The fourth-order valence-corrected chi connectivity index (χ4v) is 4.00. The molecule has 2 aliphatic heterocycles. The molecule has 1 amide bonds. The maximum Gasteiger partial charge on any atom is 0.255 e. The second-order valence-electron chi connectivity index (χ2n) is 6.74. The third-order valence-corrected chi connectivity index (χ3v) is 5.44. The van der Waals surface area contributed by atoms with E-state index in [1.807, 2.05) is 53.4 Å². The Bertz CT molecular complexity index is 751. The lowest BCUT2D eigenvalue weighted by Gasteiger charge is -2.25. The maximum absolute atomic E-state index is 13.0. The predicted octanol–water partition coefficient (Wildman–Crippen LogP) is 4.40. The van der Waals surface area contributed by atoms with Crippen LogP contribution >= 0.6 is 24.0 Å². The van der Waals surface area contributed by atoms with Gasteiger partial charge in [-0.3, -0.25) is 4.79 Å². The van der Waals surface area contributed by atoms with Crippen LogP contribution in [0.5, 0.6) is 0 Å². The summed E-state index contributed by atoms with van der Waals surface area (Å²) in [4.78, 5) is 15.0. The molecule has 0 aliphatic carbocycles. The molecule has 1 N–H and O–H groups in total. The van der Waals surface area contributed by atoms with Crippen molar-refractivity contribution in [3.8, 4) is 11.1 Å². The number of hydrogen-bond donors (Lipinski definition) is 1. The molecule has 0 radical (unpaired) electrons. The molecule has 2 unspecified atom stereocenters. The molecule has 2 atom stereocenters. The lowest BCUT2D eigenvalue weighted by Crippen LogP contribution is -2.39. The summed E-state index contributed by atoms with van der Waals surface area (Å²) in [5.74, 6) is 0.0483. The molecule has 2 bridgehead atoms. The Morgan fingerprint density at radius 2 is 1.76 bits per heavy atom. The van der Waals surface area contributed by atoms with Crippen LogP contribution in [0.2, 0.25) is 5.02 Å². The molecule has 2 aromatic carbocycles. The van der Waals surface area contributed by atoms with E-state index in [4.69, 9.17) is 11.6 Å². The number of carbonyl (C=O) groups is 1. The number of hydrogen-bond acceptors (Lipinski definition) is 2. The number of carbonyl (C=O) groups excluding carboxylic acids is 1. The smallest absolute Gasteiger partial charge is 0.255 e. The van der Waals surface area contributed by atoms with Crippen LogP contribution < -0.4 is 5.32 Å².